The van der Waals surface area contributed by atoms with Gasteiger partial charge in [-0.2, -0.15) is 0 Å². The Morgan fingerprint density at radius 1 is 0.967 bits per heavy atom. The third-order valence-electron chi connectivity index (χ3n) is 5.17. The van der Waals surface area contributed by atoms with Crippen molar-refractivity contribution in [3.63, 3.8) is 0 Å². The van der Waals surface area contributed by atoms with Gasteiger partial charge in [-0.1, -0.05) is 34.1 Å². The van der Waals surface area contributed by atoms with Crippen molar-refractivity contribution < 1.29 is 9.59 Å². The van der Waals surface area contributed by atoms with Crippen LogP contribution in [-0.4, -0.2) is 47.8 Å². The summed E-state index contributed by atoms with van der Waals surface area (Å²) >= 11 is 5.03. The van der Waals surface area contributed by atoms with Crippen molar-refractivity contribution >= 4 is 44.1 Å². The maximum Gasteiger partial charge on any atom is 0.254 e. The Morgan fingerprint density at radius 2 is 1.70 bits per heavy atom. The molecule has 154 valence electrons. The van der Waals surface area contributed by atoms with Crippen LogP contribution in [0.5, 0.6) is 0 Å². The van der Waals surface area contributed by atoms with Crippen LogP contribution in [0.4, 0.5) is 5.13 Å². The molecule has 0 aliphatic carbocycles. The van der Waals surface area contributed by atoms with Crippen LogP contribution in [0.15, 0.2) is 58.4 Å². The number of nitrogens with zero attached hydrogens (tertiary/aromatic N) is 3. The summed E-state index contributed by atoms with van der Waals surface area (Å²) in [6.45, 7) is 4.88. The van der Waals surface area contributed by atoms with Crippen molar-refractivity contribution in [2.75, 3.05) is 31.1 Å². The Balaban J connectivity index is 1.53. The summed E-state index contributed by atoms with van der Waals surface area (Å²) in [7, 11) is 0. The zero-order valence-corrected chi connectivity index (χ0v) is 19.1. The van der Waals surface area contributed by atoms with Crippen molar-refractivity contribution in [1.29, 1.82) is 0 Å². The van der Waals surface area contributed by atoms with Crippen LogP contribution in [-0.2, 0) is 0 Å². The molecule has 0 atom stereocenters. The lowest BCUT2D eigenvalue weighted by molar-refractivity contribution is 0.0762. The van der Waals surface area contributed by atoms with Gasteiger partial charge in [-0.3, -0.25) is 9.59 Å². The fourth-order valence-electron chi connectivity index (χ4n) is 3.59. The summed E-state index contributed by atoms with van der Waals surface area (Å²) in [6.07, 6.45) is 0.868. The Bertz CT molecular complexity index is 1060. The highest BCUT2D eigenvalue weighted by Crippen LogP contribution is 2.23. The fraction of sp³-hybridized carbons (Fsp3) is 0.261. The van der Waals surface area contributed by atoms with Crippen molar-refractivity contribution in [3.8, 4) is 0 Å². The van der Waals surface area contributed by atoms with Crippen LogP contribution in [0, 0.1) is 6.92 Å². The van der Waals surface area contributed by atoms with E-state index in [9.17, 15) is 9.59 Å². The predicted molar refractivity (Wildman–Crippen MR) is 124 cm³/mol. The average molecular weight is 484 g/mol. The summed E-state index contributed by atoms with van der Waals surface area (Å²) in [5.41, 5.74) is 2.50. The van der Waals surface area contributed by atoms with E-state index in [2.05, 4.69) is 25.8 Å². The number of halogens is 1. The summed E-state index contributed by atoms with van der Waals surface area (Å²) in [5, 5.41) is 3.06. The second kappa shape index (κ2) is 9.10. The van der Waals surface area contributed by atoms with Crippen molar-refractivity contribution in [2.24, 2.45) is 0 Å². The Labute approximate surface area is 188 Å². The van der Waals surface area contributed by atoms with E-state index in [0.29, 0.717) is 29.8 Å². The van der Waals surface area contributed by atoms with Crippen LogP contribution >= 0.6 is 27.3 Å². The molecule has 1 aromatic heterocycles. The number of amides is 1. The number of carbonyl (C=O) groups is 2. The number of benzene rings is 2. The highest BCUT2D eigenvalue weighted by molar-refractivity contribution is 9.10. The topological polar surface area (TPSA) is 53.5 Å². The number of aryl methyl sites for hydroxylation is 1. The standard InChI is InChI=1S/C23H22BrN3O2S/c1-16-15-30-23(25-16)27-12-4-11-26(13-14-27)22(29)20-6-3-2-5-19(20)21(28)17-7-9-18(24)10-8-17/h2-3,5-10,15H,4,11-14H2,1H3. The number of rotatable bonds is 4. The molecule has 3 aromatic rings. The minimum atomic E-state index is -0.138. The van der Waals surface area contributed by atoms with E-state index in [1.807, 2.05) is 35.4 Å². The minimum absolute atomic E-state index is 0.0896. The number of ketones is 1. The van der Waals surface area contributed by atoms with Crippen LogP contribution in [0.1, 0.15) is 38.4 Å². The second-order valence-electron chi connectivity index (χ2n) is 7.29. The van der Waals surface area contributed by atoms with Gasteiger partial charge in [0.2, 0.25) is 0 Å². The van der Waals surface area contributed by atoms with Gasteiger partial charge >= 0.3 is 0 Å². The molecule has 2 aromatic carbocycles. The Hall–Kier alpha value is -2.51. The van der Waals surface area contributed by atoms with Gasteiger partial charge in [0.1, 0.15) is 0 Å². The molecule has 1 fully saturated rings. The van der Waals surface area contributed by atoms with Gasteiger partial charge in [-0.25, -0.2) is 4.98 Å². The second-order valence-corrected chi connectivity index (χ2v) is 9.04. The minimum Gasteiger partial charge on any atom is -0.346 e. The van der Waals surface area contributed by atoms with Gasteiger partial charge < -0.3 is 9.80 Å². The highest BCUT2D eigenvalue weighted by Gasteiger charge is 2.25. The Morgan fingerprint density at radius 3 is 2.40 bits per heavy atom. The summed E-state index contributed by atoms with van der Waals surface area (Å²) < 4.78 is 0.910. The van der Waals surface area contributed by atoms with Crippen molar-refractivity contribution in [1.82, 2.24) is 9.88 Å². The van der Waals surface area contributed by atoms with Crippen molar-refractivity contribution in [2.45, 2.75) is 13.3 Å². The van der Waals surface area contributed by atoms with Gasteiger partial charge in [0, 0.05) is 47.2 Å². The molecule has 7 heteroatoms. The molecule has 0 N–H and O–H groups in total. The monoisotopic (exact) mass is 483 g/mol. The smallest absolute Gasteiger partial charge is 0.254 e. The van der Waals surface area contributed by atoms with E-state index in [0.717, 1.165) is 34.8 Å². The van der Waals surface area contributed by atoms with Crippen LogP contribution in [0.2, 0.25) is 0 Å². The molecule has 0 unspecified atom stereocenters. The molecular formula is C23H22BrN3O2S. The number of hydrogen-bond acceptors (Lipinski definition) is 5. The highest BCUT2D eigenvalue weighted by atomic mass is 79.9. The molecule has 1 amide bonds. The zero-order chi connectivity index (χ0) is 21.1. The maximum atomic E-state index is 13.3. The van der Waals surface area contributed by atoms with E-state index < -0.39 is 0 Å². The van der Waals surface area contributed by atoms with Crippen LogP contribution in [0.25, 0.3) is 0 Å². The van der Waals surface area contributed by atoms with Crippen molar-refractivity contribution in [3.05, 3.63) is 80.8 Å². The first-order valence-corrected chi connectivity index (χ1v) is 11.6. The fourth-order valence-corrected chi connectivity index (χ4v) is 4.71. The average Bonchev–Trinajstić information content (AvgIpc) is 3.05. The molecule has 1 aliphatic heterocycles. The lowest BCUT2D eigenvalue weighted by Gasteiger charge is -2.22. The third-order valence-corrected chi connectivity index (χ3v) is 6.72. The van der Waals surface area contributed by atoms with E-state index in [1.165, 1.54) is 0 Å². The molecular weight excluding hydrogens is 462 g/mol. The molecule has 0 saturated carbocycles. The largest absolute Gasteiger partial charge is 0.346 e. The zero-order valence-electron chi connectivity index (χ0n) is 16.7. The van der Waals surface area contributed by atoms with Gasteiger partial charge in [0.15, 0.2) is 10.9 Å². The first-order valence-electron chi connectivity index (χ1n) is 9.88. The van der Waals surface area contributed by atoms with Gasteiger partial charge in [-0.05, 0) is 43.7 Å². The number of thiazole rings is 1. The SMILES string of the molecule is Cc1csc(N2CCCN(C(=O)c3ccccc3C(=O)c3ccc(Br)cc3)CC2)n1. The molecule has 0 radical (unpaired) electrons. The number of hydrogen-bond donors (Lipinski definition) is 0. The maximum absolute atomic E-state index is 13.3. The molecule has 2 heterocycles. The predicted octanol–water partition coefficient (Wildman–Crippen LogP) is 4.80. The third kappa shape index (κ3) is 4.47. The molecule has 1 aliphatic rings. The lowest BCUT2D eigenvalue weighted by atomic mass is 9.97. The van der Waals surface area contributed by atoms with E-state index in [-0.39, 0.29) is 11.7 Å². The van der Waals surface area contributed by atoms with Gasteiger partial charge in [-0.15, -0.1) is 11.3 Å². The molecule has 30 heavy (non-hydrogen) atoms. The number of carbonyl (C=O) groups excluding carboxylic acids is 2. The van der Waals surface area contributed by atoms with E-state index in [1.54, 1.807) is 41.7 Å². The first-order chi connectivity index (χ1) is 14.5. The van der Waals surface area contributed by atoms with E-state index >= 15 is 0 Å². The first kappa shape index (κ1) is 20.8. The number of aromatic nitrogens is 1. The molecule has 0 bridgehead atoms. The summed E-state index contributed by atoms with van der Waals surface area (Å²) in [4.78, 5) is 35.1. The Kier molecular flexibility index (Phi) is 6.29. The van der Waals surface area contributed by atoms with Gasteiger partial charge in [0.25, 0.3) is 5.91 Å². The normalized spacial score (nSPS) is 14.5. The molecule has 1 saturated heterocycles. The van der Waals surface area contributed by atoms with Crippen LogP contribution in [0.3, 0.4) is 0 Å². The molecule has 0 spiro atoms. The van der Waals surface area contributed by atoms with E-state index in [4.69, 9.17) is 0 Å². The van der Waals surface area contributed by atoms with Crippen LogP contribution < -0.4 is 4.90 Å². The van der Waals surface area contributed by atoms with Gasteiger partial charge in [0.05, 0.1) is 11.3 Å². The summed E-state index contributed by atoms with van der Waals surface area (Å²) in [5.74, 6) is -0.227. The summed E-state index contributed by atoms with van der Waals surface area (Å²) in [6, 6.07) is 14.3. The quantitative estimate of drug-likeness (QED) is 0.500. The number of anilines is 1. The molecule has 4 rings (SSSR count). The lowest BCUT2D eigenvalue weighted by Crippen LogP contribution is -2.36. The molecule has 5 nitrogen and oxygen atoms in total.